The number of nitrogens with zero attached hydrogens (tertiary/aromatic N) is 3. The third-order valence-corrected chi connectivity index (χ3v) is 10.4. The molecule has 0 radical (unpaired) electrons. The first kappa shape index (κ1) is 28.9. The van der Waals surface area contributed by atoms with Crippen molar-refractivity contribution in [1.29, 1.82) is 0 Å². The first-order valence-corrected chi connectivity index (χ1v) is 14.5. The molecule has 36 heavy (non-hydrogen) atoms. The molecule has 1 aliphatic carbocycles. The van der Waals surface area contributed by atoms with Crippen molar-refractivity contribution in [3.63, 3.8) is 0 Å². The van der Waals surface area contributed by atoms with Gasteiger partial charge in [0.25, 0.3) is 5.91 Å². The van der Waals surface area contributed by atoms with Gasteiger partial charge in [0.05, 0.1) is 12.3 Å². The number of piperazine rings is 1. The van der Waals surface area contributed by atoms with Gasteiger partial charge in [0.15, 0.2) is 4.75 Å². The second kappa shape index (κ2) is 11.4. The maximum Gasteiger partial charge on any atom is 0.266 e. The number of ether oxygens (including phenoxy) is 1. The van der Waals surface area contributed by atoms with E-state index in [4.69, 9.17) is 4.74 Å². The molecule has 0 saturated carbocycles. The van der Waals surface area contributed by atoms with Crippen LogP contribution < -0.4 is 5.48 Å². The second-order valence-corrected chi connectivity index (χ2v) is 13.4. The van der Waals surface area contributed by atoms with E-state index in [9.17, 15) is 22.8 Å². The molecule has 9 nitrogen and oxygen atoms in total. The molecular formula is C25H43FN4O5S. The van der Waals surface area contributed by atoms with Crippen LogP contribution in [0.3, 0.4) is 0 Å². The number of carbonyl (C=O) groups is 1. The zero-order valence-electron chi connectivity index (χ0n) is 22.3. The molecule has 0 spiro atoms. The predicted octanol–water partition coefficient (Wildman–Crippen LogP) is 2.99. The van der Waals surface area contributed by atoms with Gasteiger partial charge in [-0.05, 0) is 46.5 Å². The van der Waals surface area contributed by atoms with Crippen LogP contribution in [-0.4, -0.2) is 89.8 Å². The van der Waals surface area contributed by atoms with E-state index in [1.54, 1.807) is 5.48 Å². The Morgan fingerprint density at radius 1 is 1.19 bits per heavy atom. The summed E-state index contributed by atoms with van der Waals surface area (Å²) in [6.07, 6.45) is 4.09. The summed E-state index contributed by atoms with van der Waals surface area (Å²) >= 11 is 0. The van der Waals surface area contributed by atoms with Gasteiger partial charge in [0, 0.05) is 56.8 Å². The van der Waals surface area contributed by atoms with E-state index >= 15 is 0 Å². The zero-order valence-corrected chi connectivity index (χ0v) is 23.2. The van der Waals surface area contributed by atoms with Crippen molar-refractivity contribution < 1.29 is 27.5 Å². The number of nitrogens with one attached hydrogen (secondary N) is 1. The maximum absolute atomic E-state index is 15.0. The molecule has 11 heteroatoms. The van der Waals surface area contributed by atoms with Crippen LogP contribution in [0.4, 0.5) is 4.39 Å². The molecule has 0 aromatic heterocycles. The van der Waals surface area contributed by atoms with Crippen molar-refractivity contribution in [2.45, 2.75) is 77.0 Å². The van der Waals surface area contributed by atoms with E-state index < -0.39 is 20.7 Å². The predicted molar refractivity (Wildman–Crippen MR) is 136 cm³/mol. The van der Waals surface area contributed by atoms with E-state index in [-0.39, 0.29) is 43.2 Å². The molecule has 1 amide bonds. The average Bonchev–Trinajstić information content (AvgIpc) is 2.85. The number of hydroxylamine groups is 1. The van der Waals surface area contributed by atoms with Gasteiger partial charge in [-0.2, -0.15) is 4.31 Å². The molecule has 0 bridgehead atoms. The fourth-order valence-corrected chi connectivity index (χ4v) is 7.44. The Hall–Kier alpha value is -1.69. The van der Waals surface area contributed by atoms with Gasteiger partial charge >= 0.3 is 0 Å². The van der Waals surface area contributed by atoms with Crippen LogP contribution >= 0.6 is 0 Å². The Morgan fingerprint density at radius 2 is 1.81 bits per heavy atom. The van der Waals surface area contributed by atoms with Gasteiger partial charge in [-0.25, -0.2) is 18.3 Å². The van der Waals surface area contributed by atoms with Gasteiger partial charge in [0.2, 0.25) is 10.0 Å². The summed E-state index contributed by atoms with van der Waals surface area (Å²) in [5.74, 6) is -0.511. The van der Waals surface area contributed by atoms with E-state index in [0.717, 1.165) is 12.8 Å². The molecule has 0 aromatic rings. The quantitative estimate of drug-likeness (QED) is 0.283. The monoisotopic (exact) mass is 530 g/mol. The number of halogens is 1. The molecule has 2 aliphatic heterocycles. The van der Waals surface area contributed by atoms with Crippen molar-refractivity contribution in [2.24, 2.45) is 5.92 Å². The van der Waals surface area contributed by atoms with E-state index in [2.05, 4.69) is 32.6 Å². The lowest BCUT2D eigenvalue weighted by atomic mass is 9.91. The highest BCUT2D eigenvalue weighted by molar-refractivity contribution is 7.91. The van der Waals surface area contributed by atoms with Crippen LogP contribution in [-0.2, 0) is 19.6 Å². The number of piperidine rings is 1. The SMILES string of the molecule is CCCCOC1=CC(F)=C(N2CCN(S(=O)(=O)C3(C(=O)NO)CCN(C(C)(C)C)CC3)CC2)CC1C. The fraction of sp³-hybridized carbons (Fsp3) is 0.800. The summed E-state index contributed by atoms with van der Waals surface area (Å²) < 4.78 is 48.0. The molecule has 3 aliphatic rings. The van der Waals surface area contributed by atoms with Crippen molar-refractivity contribution >= 4 is 15.9 Å². The second-order valence-electron chi connectivity index (χ2n) is 11.1. The maximum atomic E-state index is 15.0. The number of carbonyl (C=O) groups excluding carboxylic acids is 1. The number of rotatable bonds is 8. The molecule has 1 atom stereocenters. The van der Waals surface area contributed by atoms with E-state index in [1.807, 2.05) is 11.8 Å². The number of sulfonamides is 1. The molecule has 0 aromatic carbocycles. The zero-order chi connectivity index (χ0) is 26.7. The third-order valence-electron chi connectivity index (χ3n) is 7.79. The molecular weight excluding hydrogens is 487 g/mol. The fourth-order valence-electron chi connectivity index (χ4n) is 5.33. The van der Waals surface area contributed by atoms with Crippen molar-refractivity contribution in [3.8, 4) is 0 Å². The lowest BCUT2D eigenvalue weighted by Crippen LogP contribution is -2.64. The summed E-state index contributed by atoms with van der Waals surface area (Å²) in [6.45, 7) is 12.6. The summed E-state index contributed by atoms with van der Waals surface area (Å²) in [7, 11) is -4.06. The highest BCUT2D eigenvalue weighted by Crippen LogP contribution is 2.37. The molecule has 206 valence electrons. The van der Waals surface area contributed by atoms with Crippen LogP contribution in [0.5, 0.6) is 0 Å². The minimum absolute atomic E-state index is 0.0441. The Labute approximate surface area is 215 Å². The topological polar surface area (TPSA) is 102 Å². The van der Waals surface area contributed by atoms with Gasteiger partial charge in [-0.1, -0.05) is 20.3 Å². The first-order chi connectivity index (χ1) is 16.9. The molecule has 2 saturated heterocycles. The van der Waals surface area contributed by atoms with Crippen LogP contribution in [0.2, 0.25) is 0 Å². The lowest BCUT2D eigenvalue weighted by molar-refractivity contribution is -0.133. The lowest BCUT2D eigenvalue weighted by Gasteiger charge is -2.47. The first-order valence-electron chi connectivity index (χ1n) is 13.0. The Morgan fingerprint density at radius 3 is 2.33 bits per heavy atom. The van der Waals surface area contributed by atoms with Gasteiger partial charge in [0.1, 0.15) is 11.6 Å². The van der Waals surface area contributed by atoms with Crippen molar-refractivity contribution in [2.75, 3.05) is 45.9 Å². The summed E-state index contributed by atoms with van der Waals surface area (Å²) in [4.78, 5) is 16.8. The molecule has 2 fully saturated rings. The van der Waals surface area contributed by atoms with Crippen LogP contribution in [0.25, 0.3) is 0 Å². The van der Waals surface area contributed by atoms with E-state index in [1.165, 1.54) is 10.4 Å². The highest BCUT2D eigenvalue weighted by atomic mass is 32.2. The number of likely N-dealkylation sites (tertiary alicyclic amines) is 1. The smallest absolute Gasteiger partial charge is 0.266 e. The normalized spacial score (nSPS) is 24.5. The Balaban J connectivity index is 1.72. The third kappa shape index (κ3) is 5.74. The standard InChI is InChI=1S/C25H43FN4O5S/c1-6-7-16-35-22-18-20(26)21(17-19(22)2)28-12-14-30(15-13-28)36(33,34)25(23(31)27-32)8-10-29(11-9-25)24(3,4)5/h18-19,32H,6-17H2,1-5H3,(H,27,31). The van der Waals surface area contributed by atoms with Gasteiger partial charge in [-0.15, -0.1) is 0 Å². The number of unbranched alkanes of at least 4 members (excludes halogenated alkanes) is 1. The number of hydrogen-bond acceptors (Lipinski definition) is 7. The minimum atomic E-state index is -4.06. The summed E-state index contributed by atoms with van der Waals surface area (Å²) in [6, 6.07) is 0. The molecule has 2 N–H and O–H groups in total. The summed E-state index contributed by atoms with van der Waals surface area (Å²) in [5.41, 5.74) is 2.04. The van der Waals surface area contributed by atoms with Crippen LogP contribution in [0.1, 0.15) is 66.7 Å². The number of allylic oxidation sites excluding steroid dienone is 4. The van der Waals surface area contributed by atoms with Crippen molar-refractivity contribution in [3.05, 3.63) is 23.4 Å². The average molecular weight is 531 g/mol. The van der Waals surface area contributed by atoms with E-state index in [0.29, 0.717) is 50.7 Å². The summed E-state index contributed by atoms with van der Waals surface area (Å²) in [5, 5.41) is 9.43. The Bertz CT molecular complexity index is 959. The van der Waals surface area contributed by atoms with Crippen LogP contribution in [0.15, 0.2) is 23.4 Å². The molecule has 1 unspecified atom stereocenters. The minimum Gasteiger partial charge on any atom is -0.498 e. The van der Waals surface area contributed by atoms with Crippen molar-refractivity contribution in [1.82, 2.24) is 19.6 Å². The Kier molecular flexibility index (Phi) is 9.12. The largest absolute Gasteiger partial charge is 0.498 e. The van der Waals surface area contributed by atoms with Gasteiger partial charge in [-0.3, -0.25) is 14.9 Å². The highest BCUT2D eigenvalue weighted by Gasteiger charge is 2.55. The molecule has 3 rings (SSSR count). The van der Waals surface area contributed by atoms with Crippen LogP contribution in [0, 0.1) is 5.92 Å². The van der Waals surface area contributed by atoms with Gasteiger partial charge < -0.3 is 9.64 Å². The number of amides is 1. The number of hydrogen-bond donors (Lipinski definition) is 2. The molecule has 2 heterocycles.